The third kappa shape index (κ3) is 4.48. The molecule has 4 aromatic rings. The molecule has 4 N–H and O–H groups in total. The Kier molecular flexibility index (Phi) is 6.32. The second-order valence-corrected chi connectivity index (χ2v) is 12.9. The molecule has 3 saturated heterocycles. The third-order valence-electron chi connectivity index (χ3n) is 8.73. The van der Waals surface area contributed by atoms with Crippen LogP contribution in [-0.2, 0) is 0 Å². The van der Waals surface area contributed by atoms with Crippen LogP contribution >= 0.6 is 22.9 Å². The molecule has 3 fully saturated rings. The van der Waals surface area contributed by atoms with Crippen molar-refractivity contribution in [3.05, 3.63) is 35.1 Å². The van der Waals surface area contributed by atoms with Crippen LogP contribution in [0, 0.1) is 11.2 Å². The number of halogens is 2. The number of aromatic nitrogens is 3. The number of fused-ring (bicyclic) bond motifs is 2. The molecule has 0 aliphatic carbocycles. The average molecular weight is 597 g/mol. The highest BCUT2D eigenvalue weighted by molar-refractivity contribution is 7.22. The van der Waals surface area contributed by atoms with Crippen LogP contribution in [0.3, 0.4) is 0 Å². The summed E-state index contributed by atoms with van der Waals surface area (Å²) in [4.78, 5) is 31.5. The van der Waals surface area contributed by atoms with Gasteiger partial charge in [0.25, 0.3) is 0 Å². The lowest BCUT2D eigenvalue weighted by Gasteiger charge is -2.47. The number of thiazole rings is 1. The van der Waals surface area contributed by atoms with E-state index in [9.17, 15) is 4.79 Å². The summed E-state index contributed by atoms with van der Waals surface area (Å²) in [6.45, 7) is 3.98. The Morgan fingerprint density at radius 3 is 2.80 bits per heavy atom. The maximum Gasteiger partial charge on any atom is 0.319 e. The van der Waals surface area contributed by atoms with Gasteiger partial charge in [-0.25, -0.2) is 14.2 Å². The summed E-state index contributed by atoms with van der Waals surface area (Å²) in [6, 6.07) is 7.23. The van der Waals surface area contributed by atoms with E-state index in [1.807, 2.05) is 12.1 Å². The summed E-state index contributed by atoms with van der Waals surface area (Å²) in [6.07, 6.45) is 3.00. The van der Waals surface area contributed by atoms with Crippen LogP contribution in [0.2, 0.25) is 5.02 Å². The van der Waals surface area contributed by atoms with Crippen LogP contribution in [0.1, 0.15) is 19.3 Å². The van der Waals surface area contributed by atoms with Gasteiger partial charge in [0.15, 0.2) is 10.9 Å². The van der Waals surface area contributed by atoms with Gasteiger partial charge >= 0.3 is 12.0 Å². The van der Waals surface area contributed by atoms with Crippen molar-refractivity contribution >= 4 is 61.0 Å². The number of hydrogen-bond acceptors (Lipinski definition) is 9. The molecule has 7 rings (SSSR count). The number of nitrogen functional groups attached to an aromatic ring is 1. The summed E-state index contributed by atoms with van der Waals surface area (Å²) in [5.74, 6) is 0.0122. The predicted octanol–water partition coefficient (Wildman–Crippen LogP) is 4.35. The molecule has 13 heteroatoms. The summed E-state index contributed by atoms with van der Waals surface area (Å²) in [7, 11) is 2.07. The van der Waals surface area contributed by atoms with Gasteiger partial charge in [-0.05, 0) is 45.0 Å². The highest BCUT2D eigenvalue weighted by atomic mass is 35.5. The number of rotatable bonds is 5. The predicted molar refractivity (Wildman–Crippen MR) is 159 cm³/mol. The fourth-order valence-electron chi connectivity index (χ4n) is 6.53. The second kappa shape index (κ2) is 9.81. The number of ether oxygens (including phenoxy) is 1. The molecule has 0 unspecified atom stereocenters. The lowest BCUT2D eigenvalue weighted by atomic mass is 9.79. The number of carbonyl (C=O) groups is 1. The van der Waals surface area contributed by atoms with Crippen LogP contribution in [0.4, 0.5) is 20.1 Å². The van der Waals surface area contributed by atoms with E-state index in [0.717, 1.165) is 30.5 Å². The molecule has 0 bridgehead atoms. The number of primary amides is 1. The van der Waals surface area contributed by atoms with Crippen molar-refractivity contribution in [2.75, 3.05) is 57.0 Å². The number of nitrogens with two attached hydrogens (primary N) is 2. The highest BCUT2D eigenvalue weighted by Gasteiger charge is 2.49. The molecule has 2 aromatic heterocycles. The van der Waals surface area contributed by atoms with E-state index in [1.54, 1.807) is 17.0 Å². The number of hydrogen-bond donors (Lipinski definition) is 2. The molecular weight excluding hydrogens is 567 g/mol. The monoisotopic (exact) mass is 596 g/mol. The summed E-state index contributed by atoms with van der Waals surface area (Å²) < 4.78 is 23.6. The van der Waals surface area contributed by atoms with Gasteiger partial charge in [-0.2, -0.15) is 9.97 Å². The minimum Gasteiger partial charge on any atom is -0.462 e. The van der Waals surface area contributed by atoms with Gasteiger partial charge < -0.3 is 30.9 Å². The van der Waals surface area contributed by atoms with Crippen LogP contribution in [0.5, 0.6) is 6.01 Å². The first-order valence-electron chi connectivity index (χ1n) is 13.7. The zero-order valence-corrected chi connectivity index (χ0v) is 24.1. The van der Waals surface area contributed by atoms with Gasteiger partial charge in [-0.1, -0.05) is 35.1 Å². The highest BCUT2D eigenvalue weighted by Crippen LogP contribution is 2.45. The van der Waals surface area contributed by atoms with Crippen molar-refractivity contribution in [3.63, 3.8) is 0 Å². The minimum atomic E-state index is -0.560. The van der Waals surface area contributed by atoms with E-state index < -0.39 is 11.8 Å². The van der Waals surface area contributed by atoms with Crippen molar-refractivity contribution in [3.8, 4) is 17.1 Å². The normalized spacial score (nSPS) is 20.4. The molecule has 1 atom stereocenters. The molecule has 2 aromatic carbocycles. The zero-order valence-electron chi connectivity index (χ0n) is 22.6. The number of nitrogens with zero attached hydrogens (tertiary/aromatic N) is 6. The largest absolute Gasteiger partial charge is 0.462 e. The standard InChI is InChI=1S/C28H30ClFN8O2S/c1-36-8-3-4-15(36)11-40-27-34-23-17(24(35-27)37-9-7-28(12-37)13-38(14-28)26(32)39)10-18(29)20(21(23)30)16-5-2-6-19-22(16)33-25(31)41-19/h2,5-6,10,15H,3-4,7-9,11-14H2,1H3,(H2,31,33)(H2,32,39)/t15-/m0/s1. The Labute approximate surface area is 245 Å². The van der Waals surface area contributed by atoms with Crippen LogP contribution < -0.4 is 21.1 Å². The summed E-state index contributed by atoms with van der Waals surface area (Å²) in [5.41, 5.74) is 12.9. The molecular formula is C28H30ClFN8O2S. The lowest BCUT2D eigenvalue weighted by molar-refractivity contribution is 0.0535. The Morgan fingerprint density at radius 2 is 2.05 bits per heavy atom. The van der Waals surface area contributed by atoms with Crippen molar-refractivity contribution in [1.29, 1.82) is 0 Å². The first-order valence-corrected chi connectivity index (χ1v) is 14.9. The molecule has 3 aliphatic heterocycles. The maximum absolute atomic E-state index is 16.6. The fourth-order valence-corrected chi connectivity index (χ4v) is 7.59. The smallest absolute Gasteiger partial charge is 0.319 e. The molecule has 0 saturated carbocycles. The molecule has 41 heavy (non-hydrogen) atoms. The Bertz CT molecular complexity index is 1690. The molecule has 3 aliphatic rings. The van der Waals surface area contributed by atoms with E-state index >= 15 is 4.39 Å². The summed E-state index contributed by atoms with van der Waals surface area (Å²) >= 11 is 8.15. The van der Waals surface area contributed by atoms with Crippen molar-refractivity contribution < 1.29 is 13.9 Å². The number of likely N-dealkylation sites (tertiary alicyclic amines) is 2. The van der Waals surface area contributed by atoms with Gasteiger partial charge in [0.05, 0.1) is 15.2 Å². The lowest BCUT2D eigenvalue weighted by Crippen LogP contribution is -2.60. The molecule has 214 valence electrons. The average Bonchev–Trinajstić information content (AvgIpc) is 3.64. The Morgan fingerprint density at radius 1 is 1.22 bits per heavy atom. The van der Waals surface area contributed by atoms with Gasteiger partial charge in [0.1, 0.15) is 17.9 Å². The molecule has 0 radical (unpaired) electrons. The Hall–Kier alpha value is -3.48. The zero-order chi connectivity index (χ0) is 28.5. The Balaban J connectivity index is 1.32. The molecule has 1 spiro atoms. The first-order chi connectivity index (χ1) is 19.7. The number of likely N-dealkylation sites (N-methyl/N-ethyl adjacent to an activating group) is 1. The number of para-hydroxylation sites is 1. The van der Waals surface area contributed by atoms with Gasteiger partial charge in [0, 0.05) is 54.1 Å². The number of amides is 2. The van der Waals surface area contributed by atoms with Crippen molar-refractivity contribution in [2.24, 2.45) is 11.1 Å². The van der Waals surface area contributed by atoms with Gasteiger partial charge in [0.2, 0.25) is 0 Å². The van der Waals surface area contributed by atoms with Crippen molar-refractivity contribution in [2.45, 2.75) is 25.3 Å². The van der Waals surface area contributed by atoms with E-state index in [1.165, 1.54) is 11.3 Å². The van der Waals surface area contributed by atoms with Gasteiger partial charge in [-0.3, -0.25) is 0 Å². The summed E-state index contributed by atoms with van der Waals surface area (Å²) in [5, 5.41) is 1.14. The first kappa shape index (κ1) is 26.4. The topological polar surface area (TPSA) is 127 Å². The number of urea groups is 1. The third-order valence-corrected chi connectivity index (χ3v) is 9.87. The molecule has 10 nitrogen and oxygen atoms in total. The van der Waals surface area contributed by atoms with Crippen LogP contribution in [0.15, 0.2) is 24.3 Å². The number of carbonyl (C=O) groups excluding carboxylic acids is 1. The van der Waals surface area contributed by atoms with E-state index in [-0.39, 0.29) is 33.6 Å². The van der Waals surface area contributed by atoms with E-state index in [2.05, 4.69) is 26.8 Å². The van der Waals surface area contributed by atoms with Crippen molar-refractivity contribution in [1.82, 2.24) is 24.8 Å². The minimum absolute atomic E-state index is 0.0671. The maximum atomic E-state index is 16.6. The number of benzene rings is 2. The fraction of sp³-hybridized carbons (Fsp3) is 0.429. The molecule has 2 amide bonds. The second-order valence-electron chi connectivity index (χ2n) is 11.4. The number of anilines is 2. The quantitative estimate of drug-likeness (QED) is 0.348. The SMILES string of the molecule is CN1CCC[C@H]1COc1nc(N2CCC3(CN(C(N)=O)C3)C2)c2cc(Cl)c(-c3cccc4sc(N)nc34)c(F)c2n1. The van der Waals surface area contributed by atoms with Crippen LogP contribution in [-0.4, -0.2) is 83.2 Å². The molecule has 5 heterocycles. The van der Waals surface area contributed by atoms with E-state index in [4.69, 9.17) is 32.8 Å². The van der Waals surface area contributed by atoms with Crippen LogP contribution in [0.25, 0.3) is 32.2 Å². The van der Waals surface area contributed by atoms with Gasteiger partial charge in [-0.15, -0.1) is 0 Å². The van der Waals surface area contributed by atoms with E-state index in [0.29, 0.717) is 60.2 Å².